The van der Waals surface area contributed by atoms with E-state index in [1.54, 1.807) is 29.2 Å². The number of benzene rings is 2. The fraction of sp³-hybridized carbons (Fsp3) is 0.200. The third-order valence-corrected chi connectivity index (χ3v) is 5.02. The molecular formula is C20H16ClNO3. The smallest absolute Gasteiger partial charge is 0.336 e. The summed E-state index contributed by atoms with van der Waals surface area (Å²) in [5.41, 5.74) is 3.98. The number of cyclic esters (lactones) is 1. The van der Waals surface area contributed by atoms with Gasteiger partial charge in [0.25, 0.3) is 0 Å². The molecule has 1 unspecified atom stereocenters. The van der Waals surface area contributed by atoms with Gasteiger partial charge in [-0.15, -0.1) is 0 Å². The van der Waals surface area contributed by atoms with Crippen molar-refractivity contribution in [3.8, 4) is 0 Å². The number of aryl methyl sites for hydroxylation is 1. The Labute approximate surface area is 150 Å². The average Bonchev–Trinajstić information content (AvgIpc) is 2.98. The summed E-state index contributed by atoms with van der Waals surface area (Å²) in [6.45, 7) is 2.11. The molecule has 0 aliphatic carbocycles. The van der Waals surface area contributed by atoms with E-state index in [0.29, 0.717) is 22.0 Å². The quantitative estimate of drug-likeness (QED) is 0.767. The molecule has 2 aliphatic rings. The molecule has 0 N–H and O–H groups in total. The first-order valence-electron chi connectivity index (χ1n) is 8.10. The predicted molar refractivity (Wildman–Crippen MR) is 95.5 cm³/mol. The molecule has 25 heavy (non-hydrogen) atoms. The minimum Gasteiger partial charge on any atom is -0.456 e. The van der Waals surface area contributed by atoms with Crippen molar-refractivity contribution in [3.63, 3.8) is 0 Å². The Hall–Kier alpha value is -2.59. The number of carbonyl (C=O) groups excluding carboxylic acids is 2. The van der Waals surface area contributed by atoms with Crippen LogP contribution in [0.3, 0.4) is 0 Å². The van der Waals surface area contributed by atoms with Crippen molar-refractivity contribution in [2.75, 3.05) is 11.5 Å². The number of anilines is 1. The molecule has 4 rings (SSSR count). The maximum absolute atomic E-state index is 12.9. The molecule has 2 aromatic rings. The van der Waals surface area contributed by atoms with E-state index in [9.17, 15) is 9.59 Å². The molecule has 1 amide bonds. The molecule has 0 spiro atoms. The molecule has 0 saturated carbocycles. The minimum absolute atomic E-state index is 0.0485. The summed E-state index contributed by atoms with van der Waals surface area (Å²) in [5, 5.41) is 0.596. The highest BCUT2D eigenvalue weighted by Gasteiger charge is 2.43. The van der Waals surface area contributed by atoms with Crippen LogP contribution in [0.4, 0.5) is 5.69 Å². The molecule has 0 aromatic heterocycles. The van der Waals surface area contributed by atoms with Gasteiger partial charge in [0, 0.05) is 23.0 Å². The highest BCUT2D eigenvalue weighted by Crippen LogP contribution is 2.42. The van der Waals surface area contributed by atoms with Crippen molar-refractivity contribution >= 4 is 29.2 Å². The number of rotatable bonds is 2. The topological polar surface area (TPSA) is 46.6 Å². The molecule has 0 fully saturated rings. The van der Waals surface area contributed by atoms with Gasteiger partial charge in [0.1, 0.15) is 6.61 Å². The average molecular weight is 354 g/mol. The molecule has 2 aliphatic heterocycles. The van der Waals surface area contributed by atoms with Gasteiger partial charge in [-0.25, -0.2) is 4.79 Å². The lowest BCUT2D eigenvalue weighted by Gasteiger charge is -2.32. The summed E-state index contributed by atoms with van der Waals surface area (Å²) in [6, 6.07) is 14.9. The van der Waals surface area contributed by atoms with Crippen LogP contribution in [0.1, 0.15) is 23.5 Å². The fourth-order valence-corrected chi connectivity index (χ4v) is 3.71. The van der Waals surface area contributed by atoms with Crippen LogP contribution in [-0.2, 0) is 14.3 Å². The third kappa shape index (κ3) is 2.63. The van der Waals surface area contributed by atoms with Crippen LogP contribution in [0.15, 0.2) is 59.8 Å². The molecule has 0 bridgehead atoms. The van der Waals surface area contributed by atoms with Gasteiger partial charge in [-0.1, -0.05) is 35.9 Å². The Morgan fingerprint density at radius 2 is 1.80 bits per heavy atom. The number of halogens is 1. The van der Waals surface area contributed by atoms with E-state index in [1.807, 2.05) is 31.2 Å². The fourth-order valence-electron chi connectivity index (χ4n) is 3.59. The first kappa shape index (κ1) is 15.9. The van der Waals surface area contributed by atoms with Crippen LogP contribution in [0.2, 0.25) is 5.02 Å². The molecule has 5 heteroatoms. The SMILES string of the molecule is Cc1ccccc1C1CC(=O)N(c2ccc(Cl)cc2)C2=C1C(=O)OC2. The normalized spacial score (nSPS) is 19.9. The molecule has 0 radical (unpaired) electrons. The zero-order chi connectivity index (χ0) is 17.6. The Bertz CT molecular complexity index is 901. The Morgan fingerprint density at radius 3 is 2.52 bits per heavy atom. The van der Waals surface area contributed by atoms with E-state index in [1.165, 1.54) is 0 Å². The summed E-state index contributed by atoms with van der Waals surface area (Å²) in [6.07, 6.45) is 0.238. The largest absolute Gasteiger partial charge is 0.456 e. The van der Waals surface area contributed by atoms with Crippen molar-refractivity contribution in [1.82, 2.24) is 0 Å². The predicted octanol–water partition coefficient (Wildman–Crippen LogP) is 3.98. The minimum atomic E-state index is -0.338. The Kier molecular flexibility index (Phi) is 3.85. The molecule has 0 saturated heterocycles. The van der Waals surface area contributed by atoms with Crippen LogP contribution >= 0.6 is 11.6 Å². The standard InChI is InChI=1S/C20H16ClNO3/c1-12-4-2-3-5-15(12)16-10-18(23)22(14-8-6-13(21)7-9-14)17-11-25-20(24)19(16)17/h2-9,16H,10-11H2,1H3. The molecule has 2 aromatic carbocycles. The first-order valence-corrected chi connectivity index (χ1v) is 8.48. The van der Waals surface area contributed by atoms with Crippen LogP contribution in [0.25, 0.3) is 0 Å². The second-order valence-corrected chi connectivity index (χ2v) is 6.69. The zero-order valence-corrected chi connectivity index (χ0v) is 14.4. The lowest BCUT2D eigenvalue weighted by molar-refractivity contribution is -0.136. The van der Waals surface area contributed by atoms with E-state index < -0.39 is 0 Å². The molecular weight excluding hydrogens is 338 g/mol. The van der Waals surface area contributed by atoms with E-state index in [-0.39, 0.29) is 30.8 Å². The summed E-state index contributed by atoms with van der Waals surface area (Å²) < 4.78 is 5.28. The first-order chi connectivity index (χ1) is 12.1. The van der Waals surface area contributed by atoms with Gasteiger partial charge in [-0.3, -0.25) is 9.69 Å². The highest BCUT2D eigenvalue weighted by atomic mass is 35.5. The second-order valence-electron chi connectivity index (χ2n) is 6.26. The number of hydrogen-bond donors (Lipinski definition) is 0. The van der Waals surface area contributed by atoms with Gasteiger partial charge in [0.05, 0.1) is 11.3 Å². The van der Waals surface area contributed by atoms with Crippen molar-refractivity contribution in [2.24, 2.45) is 0 Å². The number of ether oxygens (including phenoxy) is 1. The number of nitrogens with zero attached hydrogens (tertiary/aromatic N) is 1. The summed E-state index contributed by atoms with van der Waals surface area (Å²) in [5.74, 6) is -0.649. The zero-order valence-electron chi connectivity index (χ0n) is 13.7. The van der Waals surface area contributed by atoms with Gasteiger partial charge in [0.15, 0.2) is 0 Å². The van der Waals surface area contributed by atoms with E-state index in [4.69, 9.17) is 16.3 Å². The van der Waals surface area contributed by atoms with Crippen LogP contribution in [0.5, 0.6) is 0 Å². The maximum Gasteiger partial charge on any atom is 0.336 e. The number of carbonyl (C=O) groups is 2. The number of amides is 1. The third-order valence-electron chi connectivity index (χ3n) is 4.77. The molecule has 1 atom stereocenters. The maximum atomic E-state index is 12.9. The lowest BCUT2D eigenvalue weighted by atomic mass is 9.82. The van der Waals surface area contributed by atoms with E-state index >= 15 is 0 Å². The summed E-state index contributed by atoms with van der Waals surface area (Å²) >= 11 is 5.95. The monoisotopic (exact) mass is 353 g/mol. The van der Waals surface area contributed by atoms with Gasteiger partial charge >= 0.3 is 5.97 Å². The van der Waals surface area contributed by atoms with Gasteiger partial charge < -0.3 is 4.74 Å². The number of esters is 1. The van der Waals surface area contributed by atoms with Gasteiger partial charge in [0.2, 0.25) is 5.91 Å². The highest BCUT2D eigenvalue weighted by molar-refractivity contribution is 6.30. The van der Waals surface area contributed by atoms with Gasteiger partial charge in [-0.05, 0) is 42.3 Å². The van der Waals surface area contributed by atoms with Crippen molar-refractivity contribution < 1.29 is 14.3 Å². The second kappa shape index (κ2) is 6.05. The van der Waals surface area contributed by atoms with Crippen LogP contribution < -0.4 is 4.90 Å². The lowest BCUT2D eigenvalue weighted by Crippen LogP contribution is -2.37. The van der Waals surface area contributed by atoms with Crippen molar-refractivity contribution in [3.05, 3.63) is 76.0 Å². The summed E-state index contributed by atoms with van der Waals surface area (Å²) in [4.78, 5) is 26.9. The number of hydrogen-bond acceptors (Lipinski definition) is 3. The molecule has 4 nitrogen and oxygen atoms in total. The van der Waals surface area contributed by atoms with E-state index in [0.717, 1.165) is 11.1 Å². The Balaban J connectivity index is 1.85. The van der Waals surface area contributed by atoms with Crippen molar-refractivity contribution in [2.45, 2.75) is 19.3 Å². The Morgan fingerprint density at radius 1 is 1.08 bits per heavy atom. The van der Waals surface area contributed by atoms with Crippen LogP contribution in [-0.4, -0.2) is 18.5 Å². The van der Waals surface area contributed by atoms with Gasteiger partial charge in [-0.2, -0.15) is 0 Å². The van der Waals surface area contributed by atoms with E-state index in [2.05, 4.69) is 0 Å². The van der Waals surface area contributed by atoms with Crippen molar-refractivity contribution in [1.29, 1.82) is 0 Å². The molecule has 126 valence electrons. The summed E-state index contributed by atoms with van der Waals surface area (Å²) in [7, 11) is 0. The molecule has 2 heterocycles. The van der Waals surface area contributed by atoms with Crippen LogP contribution in [0, 0.1) is 6.92 Å².